The predicted molar refractivity (Wildman–Crippen MR) is 61.7 cm³/mol. The van der Waals surface area contributed by atoms with Crippen LogP contribution in [0.1, 0.15) is 13.3 Å². The summed E-state index contributed by atoms with van der Waals surface area (Å²) in [6, 6.07) is 0. The van der Waals surface area contributed by atoms with Crippen molar-refractivity contribution in [3.63, 3.8) is 0 Å². The Labute approximate surface area is 97.4 Å². The normalized spacial score (nSPS) is 10.6. The number of hydrogen-bond donors (Lipinski definition) is 1. The van der Waals surface area contributed by atoms with E-state index in [1.54, 1.807) is 0 Å². The van der Waals surface area contributed by atoms with Gasteiger partial charge in [0.2, 0.25) is 0 Å². The van der Waals surface area contributed by atoms with E-state index in [-0.39, 0.29) is 12.4 Å². The van der Waals surface area contributed by atoms with E-state index in [1.807, 2.05) is 14.0 Å². The fourth-order valence-electron chi connectivity index (χ4n) is 0.902. The van der Waals surface area contributed by atoms with Crippen molar-refractivity contribution in [2.24, 2.45) is 0 Å². The van der Waals surface area contributed by atoms with Crippen molar-refractivity contribution in [2.45, 2.75) is 13.3 Å². The SMILES string of the molecule is CCC(=O)COCCOCCOCCNC. The van der Waals surface area contributed by atoms with Crippen LogP contribution in [0.25, 0.3) is 0 Å². The van der Waals surface area contributed by atoms with Crippen molar-refractivity contribution in [3.8, 4) is 0 Å². The summed E-state index contributed by atoms with van der Waals surface area (Å²) in [5, 5.41) is 2.98. The highest BCUT2D eigenvalue weighted by molar-refractivity contribution is 5.79. The van der Waals surface area contributed by atoms with Crippen LogP contribution in [0.15, 0.2) is 0 Å². The molecule has 5 heteroatoms. The quantitative estimate of drug-likeness (QED) is 0.489. The zero-order chi connectivity index (χ0) is 12.1. The molecule has 96 valence electrons. The summed E-state index contributed by atoms with van der Waals surface area (Å²) in [7, 11) is 1.88. The van der Waals surface area contributed by atoms with E-state index in [9.17, 15) is 4.79 Å². The van der Waals surface area contributed by atoms with Crippen LogP contribution < -0.4 is 5.32 Å². The molecule has 0 aliphatic rings. The Bertz CT molecular complexity index is 164. The van der Waals surface area contributed by atoms with Gasteiger partial charge in [-0.05, 0) is 7.05 Å². The van der Waals surface area contributed by atoms with Gasteiger partial charge in [-0.15, -0.1) is 0 Å². The van der Waals surface area contributed by atoms with E-state index in [0.717, 1.165) is 6.54 Å². The maximum absolute atomic E-state index is 10.9. The van der Waals surface area contributed by atoms with Crippen molar-refractivity contribution in [2.75, 3.05) is 53.2 Å². The van der Waals surface area contributed by atoms with E-state index >= 15 is 0 Å². The van der Waals surface area contributed by atoms with Gasteiger partial charge in [0.25, 0.3) is 0 Å². The molecule has 0 radical (unpaired) electrons. The third kappa shape index (κ3) is 11.6. The van der Waals surface area contributed by atoms with Gasteiger partial charge in [-0.3, -0.25) is 4.79 Å². The van der Waals surface area contributed by atoms with E-state index < -0.39 is 0 Å². The van der Waals surface area contributed by atoms with Gasteiger partial charge < -0.3 is 19.5 Å². The molecule has 0 aliphatic heterocycles. The summed E-state index contributed by atoms with van der Waals surface area (Å²) in [5.74, 6) is 0.121. The number of Topliss-reactive ketones (excluding diaryl/α,β-unsaturated/α-hetero) is 1. The Kier molecular flexibility index (Phi) is 12.2. The van der Waals surface area contributed by atoms with Crippen molar-refractivity contribution in [3.05, 3.63) is 0 Å². The highest BCUT2D eigenvalue weighted by Gasteiger charge is 1.97. The lowest BCUT2D eigenvalue weighted by Crippen LogP contribution is -2.17. The van der Waals surface area contributed by atoms with Gasteiger partial charge in [0.15, 0.2) is 5.78 Å². The molecule has 5 nitrogen and oxygen atoms in total. The molecule has 0 rings (SSSR count). The summed E-state index contributed by atoms with van der Waals surface area (Å²) < 4.78 is 15.6. The number of ketones is 1. The van der Waals surface area contributed by atoms with Crippen molar-refractivity contribution in [1.29, 1.82) is 0 Å². The minimum Gasteiger partial charge on any atom is -0.378 e. The van der Waals surface area contributed by atoms with Gasteiger partial charge >= 0.3 is 0 Å². The topological polar surface area (TPSA) is 56.8 Å². The number of ether oxygens (including phenoxy) is 3. The average Bonchev–Trinajstić information content (AvgIpc) is 2.31. The number of carbonyl (C=O) groups is 1. The van der Waals surface area contributed by atoms with E-state index in [0.29, 0.717) is 39.5 Å². The molecular formula is C11H23NO4. The minimum absolute atomic E-state index is 0.121. The molecule has 0 bridgehead atoms. The van der Waals surface area contributed by atoms with E-state index in [1.165, 1.54) is 0 Å². The molecule has 0 unspecified atom stereocenters. The Morgan fingerprint density at radius 2 is 1.56 bits per heavy atom. The number of nitrogens with one attached hydrogen (secondary N) is 1. The van der Waals surface area contributed by atoms with E-state index in [2.05, 4.69) is 5.32 Å². The zero-order valence-electron chi connectivity index (χ0n) is 10.3. The molecule has 0 atom stereocenters. The monoisotopic (exact) mass is 233 g/mol. The Morgan fingerprint density at radius 1 is 1.00 bits per heavy atom. The number of carbonyl (C=O) groups excluding carboxylic acids is 1. The molecular weight excluding hydrogens is 210 g/mol. The first-order valence-corrected chi connectivity index (χ1v) is 5.70. The molecule has 0 aromatic heterocycles. The van der Waals surface area contributed by atoms with E-state index in [4.69, 9.17) is 14.2 Å². The van der Waals surface area contributed by atoms with Gasteiger partial charge in [0.05, 0.1) is 33.0 Å². The molecule has 0 spiro atoms. The van der Waals surface area contributed by atoms with Gasteiger partial charge in [-0.1, -0.05) is 6.92 Å². The fourth-order valence-corrected chi connectivity index (χ4v) is 0.902. The maximum Gasteiger partial charge on any atom is 0.158 e. The molecule has 0 aromatic carbocycles. The molecule has 0 aliphatic carbocycles. The molecule has 0 heterocycles. The summed E-state index contributed by atoms with van der Waals surface area (Å²) in [6.45, 7) is 5.69. The van der Waals surface area contributed by atoms with Crippen LogP contribution in [0.2, 0.25) is 0 Å². The summed E-state index contributed by atoms with van der Waals surface area (Å²) in [6.07, 6.45) is 0.528. The lowest BCUT2D eigenvalue weighted by Gasteiger charge is -2.06. The molecule has 0 saturated heterocycles. The third-order valence-electron chi connectivity index (χ3n) is 1.90. The Hall–Kier alpha value is -0.490. The summed E-state index contributed by atoms with van der Waals surface area (Å²) >= 11 is 0. The Morgan fingerprint density at radius 3 is 2.12 bits per heavy atom. The van der Waals surface area contributed by atoms with Crippen LogP contribution in [0.5, 0.6) is 0 Å². The van der Waals surface area contributed by atoms with Crippen molar-refractivity contribution in [1.82, 2.24) is 5.32 Å². The lowest BCUT2D eigenvalue weighted by atomic mass is 10.3. The van der Waals surface area contributed by atoms with Gasteiger partial charge in [-0.2, -0.15) is 0 Å². The Balaban J connectivity index is 2.96. The number of rotatable bonds is 12. The highest BCUT2D eigenvalue weighted by Crippen LogP contribution is 1.84. The molecule has 0 saturated carbocycles. The minimum atomic E-state index is 0.121. The summed E-state index contributed by atoms with van der Waals surface area (Å²) in [4.78, 5) is 10.9. The number of likely N-dealkylation sites (N-methyl/N-ethyl adjacent to an activating group) is 1. The van der Waals surface area contributed by atoms with Crippen molar-refractivity contribution >= 4 is 5.78 Å². The zero-order valence-corrected chi connectivity index (χ0v) is 10.3. The van der Waals surface area contributed by atoms with Crippen LogP contribution in [-0.2, 0) is 19.0 Å². The van der Waals surface area contributed by atoms with Crippen LogP contribution in [-0.4, -0.2) is 59.0 Å². The van der Waals surface area contributed by atoms with Crippen LogP contribution in [0.3, 0.4) is 0 Å². The highest BCUT2D eigenvalue weighted by atomic mass is 16.5. The first-order chi connectivity index (χ1) is 7.81. The second-order valence-corrected chi connectivity index (χ2v) is 3.27. The van der Waals surface area contributed by atoms with Crippen LogP contribution >= 0.6 is 0 Å². The van der Waals surface area contributed by atoms with Crippen LogP contribution in [0.4, 0.5) is 0 Å². The first-order valence-electron chi connectivity index (χ1n) is 5.70. The molecule has 16 heavy (non-hydrogen) atoms. The maximum atomic E-state index is 10.9. The molecule has 0 amide bonds. The average molecular weight is 233 g/mol. The fraction of sp³-hybridized carbons (Fsp3) is 0.909. The van der Waals surface area contributed by atoms with Gasteiger partial charge in [0, 0.05) is 13.0 Å². The second kappa shape index (κ2) is 12.6. The van der Waals surface area contributed by atoms with Gasteiger partial charge in [0.1, 0.15) is 6.61 Å². The third-order valence-corrected chi connectivity index (χ3v) is 1.90. The second-order valence-electron chi connectivity index (χ2n) is 3.27. The largest absolute Gasteiger partial charge is 0.378 e. The van der Waals surface area contributed by atoms with Gasteiger partial charge in [-0.25, -0.2) is 0 Å². The smallest absolute Gasteiger partial charge is 0.158 e. The molecule has 1 N–H and O–H groups in total. The molecule has 0 aromatic rings. The van der Waals surface area contributed by atoms with Crippen LogP contribution in [0, 0.1) is 0 Å². The molecule has 0 fully saturated rings. The lowest BCUT2D eigenvalue weighted by molar-refractivity contribution is -0.123. The first kappa shape index (κ1) is 15.5. The predicted octanol–water partition coefficient (Wildman–Crippen LogP) is 0.235. The summed E-state index contributed by atoms with van der Waals surface area (Å²) in [5.41, 5.74) is 0. The standard InChI is InChI=1S/C11H23NO4/c1-3-11(13)10-16-9-8-15-7-6-14-5-4-12-2/h12H,3-10H2,1-2H3. The van der Waals surface area contributed by atoms with Crippen molar-refractivity contribution < 1.29 is 19.0 Å². The number of hydrogen-bond acceptors (Lipinski definition) is 5.